The van der Waals surface area contributed by atoms with Gasteiger partial charge in [-0.1, -0.05) is 0 Å². The Labute approximate surface area is 84.2 Å². The molecule has 0 unspecified atom stereocenters. The minimum absolute atomic E-state index is 1.04. The highest BCUT2D eigenvalue weighted by molar-refractivity contribution is 7.20. The summed E-state index contributed by atoms with van der Waals surface area (Å²) in [5.74, 6) is 0. The van der Waals surface area contributed by atoms with E-state index in [0.29, 0.717) is 0 Å². The number of nitrogens with one attached hydrogen (secondary N) is 1. The van der Waals surface area contributed by atoms with Crippen LogP contribution in [0.25, 0.3) is 15.4 Å². The number of H-pyrrole nitrogens is 1. The van der Waals surface area contributed by atoms with E-state index in [1.165, 1.54) is 10.4 Å². The van der Waals surface area contributed by atoms with Crippen LogP contribution in [0, 0.1) is 6.92 Å². The van der Waals surface area contributed by atoms with Gasteiger partial charge in [0.05, 0.1) is 16.8 Å². The summed E-state index contributed by atoms with van der Waals surface area (Å²) in [5.41, 5.74) is 2.25. The number of aromatic nitrogens is 4. The first-order valence-electron chi connectivity index (χ1n) is 4.28. The van der Waals surface area contributed by atoms with Gasteiger partial charge in [0.15, 0.2) is 0 Å². The zero-order chi connectivity index (χ0) is 9.54. The molecule has 0 spiro atoms. The van der Waals surface area contributed by atoms with Crippen molar-refractivity contribution in [2.45, 2.75) is 6.92 Å². The average Bonchev–Trinajstić information content (AvgIpc) is 2.83. The minimum atomic E-state index is 1.04. The van der Waals surface area contributed by atoms with Crippen molar-refractivity contribution in [3.63, 3.8) is 0 Å². The molecule has 14 heavy (non-hydrogen) atoms. The van der Waals surface area contributed by atoms with Gasteiger partial charge in [0.1, 0.15) is 4.83 Å². The van der Waals surface area contributed by atoms with Gasteiger partial charge in [-0.2, -0.15) is 10.2 Å². The molecule has 3 rings (SSSR count). The van der Waals surface area contributed by atoms with Gasteiger partial charge in [-0.15, -0.1) is 11.3 Å². The Morgan fingerprint density at radius 1 is 1.50 bits per heavy atom. The second kappa shape index (κ2) is 2.68. The van der Waals surface area contributed by atoms with Crippen LogP contribution >= 0.6 is 11.3 Å². The van der Waals surface area contributed by atoms with Crippen LogP contribution in [0.3, 0.4) is 0 Å². The molecule has 3 heterocycles. The molecule has 3 aromatic heterocycles. The SMILES string of the molecule is Cc1cnn2cc(-c3ccn[nH]3)sc12. The molecule has 3 aromatic rings. The van der Waals surface area contributed by atoms with Crippen LogP contribution in [0.4, 0.5) is 0 Å². The van der Waals surface area contributed by atoms with Gasteiger partial charge >= 0.3 is 0 Å². The van der Waals surface area contributed by atoms with Gasteiger partial charge in [-0.3, -0.25) is 5.10 Å². The van der Waals surface area contributed by atoms with Crippen LogP contribution in [0.2, 0.25) is 0 Å². The number of aromatic amines is 1. The normalized spacial score (nSPS) is 11.2. The molecule has 0 aliphatic carbocycles. The smallest absolute Gasteiger partial charge is 0.122 e. The number of fused-ring (bicyclic) bond motifs is 1. The van der Waals surface area contributed by atoms with Gasteiger partial charge in [-0.05, 0) is 13.0 Å². The van der Waals surface area contributed by atoms with E-state index in [1.54, 1.807) is 17.5 Å². The van der Waals surface area contributed by atoms with E-state index in [1.807, 2.05) is 23.0 Å². The van der Waals surface area contributed by atoms with Crippen LogP contribution in [-0.2, 0) is 0 Å². The molecule has 70 valence electrons. The fraction of sp³-hybridized carbons (Fsp3) is 0.111. The Morgan fingerprint density at radius 2 is 2.43 bits per heavy atom. The Balaban J connectivity index is 2.24. The van der Waals surface area contributed by atoms with Gasteiger partial charge in [0.2, 0.25) is 0 Å². The summed E-state index contributed by atoms with van der Waals surface area (Å²) in [6.07, 6.45) is 5.65. The standard InChI is InChI=1S/C9H8N4S/c1-6-4-11-13-5-8(14-9(6)13)7-2-3-10-12-7/h2-5H,1H3,(H,10,12). The third-order valence-corrected chi connectivity index (χ3v) is 3.38. The summed E-state index contributed by atoms with van der Waals surface area (Å²) < 4.78 is 1.90. The van der Waals surface area contributed by atoms with Crippen molar-refractivity contribution in [1.29, 1.82) is 0 Å². The van der Waals surface area contributed by atoms with Crippen LogP contribution in [0.1, 0.15) is 5.56 Å². The highest BCUT2D eigenvalue weighted by atomic mass is 32.1. The lowest BCUT2D eigenvalue weighted by Gasteiger charge is -1.85. The maximum Gasteiger partial charge on any atom is 0.122 e. The minimum Gasteiger partial charge on any atom is -0.277 e. The fourth-order valence-corrected chi connectivity index (χ4v) is 2.41. The van der Waals surface area contributed by atoms with Crippen molar-refractivity contribution in [3.05, 3.63) is 30.2 Å². The summed E-state index contributed by atoms with van der Waals surface area (Å²) in [5, 5.41) is 11.1. The molecule has 0 aliphatic heterocycles. The predicted molar refractivity (Wildman–Crippen MR) is 55.4 cm³/mol. The number of nitrogens with zero attached hydrogens (tertiary/aromatic N) is 3. The van der Waals surface area contributed by atoms with Gasteiger partial charge in [-0.25, -0.2) is 4.52 Å². The summed E-state index contributed by atoms with van der Waals surface area (Å²) in [7, 11) is 0. The first-order chi connectivity index (χ1) is 6.84. The molecule has 5 heteroatoms. The first-order valence-corrected chi connectivity index (χ1v) is 5.10. The molecule has 0 atom stereocenters. The average molecular weight is 204 g/mol. The number of aryl methyl sites for hydroxylation is 1. The lowest BCUT2D eigenvalue weighted by Crippen LogP contribution is -1.77. The largest absolute Gasteiger partial charge is 0.277 e. The highest BCUT2D eigenvalue weighted by Crippen LogP contribution is 2.28. The van der Waals surface area contributed by atoms with Crippen molar-refractivity contribution in [2.24, 2.45) is 0 Å². The molecule has 0 radical (unpaired) electrons. The van der Waals surface area contributed by atoms with Gasteiger partial charge in [0.25, 0.3) is 0 Å². The second-order valence-corrected chi connectivity index (χ2v) is 4.17. The van der Waals surface area contributed by atoms with Crippen molar-refractivity contribution in [1.82, 2.24) is 19.8 Å². The molecule has 0 aromatic carbocycles. The zero-order valence-corrected chi connectivity index (χ0v) is 8.38. The molecule has 0 saturated carbocycles. The molecule has 0 aliphatic rings. The Kier molecular flexibility index (Phi) is 1.49. The number of thiazole rings is 1. The molecule has 4 nitrogen and oxygen atoms in total. The Morgan fingerprint density at radius 3 is 3.14 bits per heavy atom. The molecule has 0 saturated heterocycles. The van der Waals surface area contributed by atoms with Gasteiger partial charge in [0, 0.05) is 18.0 Å². The third kappa shape index (κ3) is 0.990. The van der Waals surface area contributed by atoms with Crippen molar-refractivity contribution >= 4 is 16.2 Å². The molecular weight excluding hydrogens is 196 g/mol. The lowest BCUT2D eigenvalue weighted by molar-refractivity contribution is 0.977. The first kappa shape index (κ1) is 7.75. The van der Waals surface area contributed by atoms with Crippen molar-refractivity contribution in [2.75, 3.05) is 0 Å². The second-order valence-electron chi connectivity index (χ2n) is 3.14. The molecular formula is C9H8N4S. The van der Waals surface area contributed by atoms with E-state index in [0.717, 1.165) is 10.6 Å². The van der Waals surface area contributed by atoms with Gasteiger partial charge < -0.3 is 0 Å². The summed E-state index contributed by atoms with van der Waals surface area (Å²) in [4.78, 5) is 2.35. The molecule has 0 bridgehead atoms. The zero-order valence-electron chi connectivity index (χ0n) is 7.56. The Bertz CT molecular complexity index is 561. The maximum absolute atomic E-state index is 4.24. The Hall–Kier alpha value is -1.62. The van der Waals surface area contributed by atoms with E-state index in [-0.39, 0.29) is 0 Å². The monoisotopic (exact) mass is 204 g/mol. The van der Waals surface area contributed by atoms with Crippen LogP contribution in [-0.4, -0.2) is 19.8 Å². The predicted octanol–water partition coefficient (Wildman–Crippen LogP) is 2.09. The van der Waals surface area contributed by atoms with Crippen molar-refractivity contribution in [3.8, 4) is 10.6 Å². The molecule has 0 fully saturated rings. The third-order valence-electron chi connectivity index (χ3n) is 2.13. The van der Waals surface area contributed by atoms with Crippen molar-refractivity contribution < 1.29 is 0 Å². The number of hydrogen-bond acceptors (Lipinski definition) is 3. The van der Waals surface area contributed by atoms with Crippen LogP contribution in [0.5, 0.6) is 0 Å². The highest BCUT2D eigenvalue weighted by Gasteiger charge is 2.07. The van der Waals surface area contributed by atoms with E-state index in [9.17, 15) is 0 Å². The summed E-state index contributed by atoms with van der Waals surface area (Å²) >= 11 is 1.72. The molecule has 0 amide bonds. The summed E-state index contributed by atoms with van der Waals surface area (Å²) in [6, 6.07) is 1.96. The topological polar surface area (TPSA) is 46.0 Å². The molecule has 1 N–H and O–H groups in total. The van der Waals surface area contributed by atoms with Crippen LogP contribution < -0.4 is 0 Å². The lowest BCUT2D eigenvalue weighted by atomic mass is 10.4. The fourth-order valence-electron chi connectivity index (χ4n) is 1.42. The number of rotatable bonds is 1. The van der Waals surface area contributed by atoms with E-state index >= 15 is 0 Å². The van der Waals surface area contributed by atoms with E-state index < -0.39 is 0 Å². The van der Waals surface area contributed by atoms with E-state index in [4.69, 9.17) is 0 Å². The quantitative estimate of drug-likeness (QED) is 0.659. The summed E-state index contributed by atoms with van der Waals surface area (Å²) in [6.45, 7) is 2.07. The van der Waals surface area contributed by atoms with E-state index in [2.05, 4.69) is 22.2 Å². The van der Waals surface area contributed by atoms with Crippen LogP contribution in [0.15, 0.2) is 24.7 Å². The maximum atomic E-state index is 4.24. The number of hydrogen-bond donors (Lipinski definition) is 1.